The van der Waals surface area contributed by atoms with Gasteiger partial charge in [0, 0.05) is 25.0 Å². The predicted octanol–water partition coefficient (Wildman–Crippen LogP) is 5.54. The Labute approximate surface area is 212 Å². The van der Waals surface area contributed by atoms with Crippen molar-refractivity contribution in [2.75, 3.05) is 19.1 Å². The van der Waals surface area contributed by atoms with Crippen LogP contribution in [0.3, 0.4) is 0 Å². The van der Waals surface area contributed by atoms with Crippen molar-refractivity contribution < 1.29 is 12.6 Å². The predicted molar refractivity (Wildman–Crippen MR) is 142 cm³/mol. The molecule has 5 rings (SSSR count). The van der Waals surface area contributed by atoms with E-state index in [9.17, 15) is 8.42 Å². The van der Waals surface area contributed by atoms with Crippen molar-refractivity contribution >= 4 is 27.0 Å². The number of hydrogen-bond donors (Lipinski definition) is 0. The van der Waals surface area contributed by atoms with Gasteiger partial charge < -0.3 is 9.47 Å². The van der Waals surface area contributed by atoms with E-state index in [0.29, 0.717) is 10.9 Å². The summed E-state index contributed by atoms with van der Waals surface area (Å²) in [6.07, 6.45) is 7.40. The Kier molecular flexibility index (Phi) is 6.57. The highest BCUT2D eigenvalue weighted by Gasteiger charge is 2.30. The van der Waals surface area contributed by atoms with Gasteiger partial charge in [-0.1, -0.05) is 35.4 Å². The fraction of sp³-hybridized carbons (Fsp3) is 0.357. The second-order valence-electron chi connectivity index (χ2n) is 9.73. The molecular weight excluding hydrogens is 472 g/mol. The molecule has 4 aromatic rings. The van der Waals surface area contributed by atoms with Crippen LogP contribution in [0.25, 0.3) is 16.7 Å². The van der Waals surface area contributed by atoms with Gasteiger partial charge in [0.05, 0.1) is 17.4 Å². The lowest BCUT2D eigenvalue weighted by atomic mass is 9.81. The molecule has 0 aliphatic heterocycles. The van der Waals surface area contributed by atoms with Crippen molar-refractivity contribution in [3.8, 4) is 5.69 Å². The average molecular weight is 505 g/mol. The molecule has 1 saturated carbocycles. The number of benzene rings is 2. The molecule has 7 nitrogen and oxygen atoms in total. The Morgan fingerprint density at radius 1 is 0.944 bits per heavy atom. The minimum Gasteiger partial charge on any atom is -0.356 e. The Morgan fingerprint density at radius 3 is 2.33 bits per heavy atom. The van der Waals surface area contributed by atoms with Crippen molar-refractivity contribution in [1.29, 1.82) is 0 Å². The summed E-state index contributed by atoms with van der Waals surface area (Å²) in [5, 5.41) is 1.02. The van der Waals surface area contributed by atoms with Crippen LogP contribution in [0.1, 0.15) is 48.3 Å². The first-order valence-corrected chi connectivity index (χ1v) is 13.7. The zero-order chi connectivity index (χ0) is 25.4. The van der Waals surface area contributed by atoms with Crippen molar-refractivity contribution in [3.63, 3.8) is 0 Å². The fourth-order valence-electron chi connectivity index (χ4n) is 5.38. The topological polar surface area (TPSA) is 77.3 Å². The number of anilines is 1. The first-order valence-electron chi connectivity index (χ1n) is 12.3. The maximum Gasteiger partial charge on any atom is 0.296 e. The van der Waals surface area contributed by atoms with Gasteiger partial charge in [-0.15, -0.1) is 0 Å². The molecule has 2 heterocycles. The largest absolute Gasteiger partial charge is 0.356 e. The molecule has 2 aromatic carbocycles. The minimum absolute atomic E-state index is 0.183. The molecule has 2 aromatic heterocycles. The van der Waals surface area contributed by atoms with E-state index in [1.165, 1.54) is 12.7 Å². The van der Waals surface area contributed by atoms with Gasteiger partial charge >= 0.3 is 0 Å². The molecule has 0 bridgehead atoms. The van der Waals surface area contributed by atoms with Crippen LogP contribution >= 0.6 is 0 Å². The van der Waals surface area contributed by atoms with E-state index in [1.54, 1.807) is 12.4 Å². The third-order valence-electron chi connectivity index (χ3n) is 7.44. The highest BCUT2D eigenvalue weighted by atomic mass is 32.2. The van der Waals surface area contributed by atoms with Crippen molar-refractivity contribution in [1.82, 2.24) is 14.5 Å². The molecule has 1 aliphatic carbocycles. The van der Waals surface area contributed by atoms with E-state index in [1.807, 2.05) is 25.3 Å². The van der Waals surface area contributed by atoms with Crippen LogP contribution in [0, 0.1) is 13.8 Å². The van der Waals surface area contributed by atoms with Crippen molar-refractivity contribution in [2.24, 2.45) is 0 Å². The maximum absolute atomic E-state index is 12.5. The van der Waals surface area contributed by atoms with E-state index >= 15 is 0 Å². The highest BCUT2D eigenvalue weighted by Crippen LogP contribution is 2.39. The standard InChI is InChI=1S/C28H32N4O3S/c1-19-5-10-23(11-6-19)32-16-15-24-27(29-18-30-28(24)32)31(3)22-12-8-21(9-13-22)25-17-20(2)7-14-26(25)36(33,34)35-4/h5-7,10-11,14-18,21-22H,8-9,12-13H2,1-4H3/t21-,22-. The first-order chi connectivity index (χ1) is 17.3. The third kappa shape index (κ3) is 4.51. The summed E-state index contributed by atoms with van der Waals surface area (Å²) >= 11 is 0. The summed E-state index contributed by atoms with van der Waals surface area (Å²) in [6, 6.07) is 16.3. The van der Waals surface area contributed by atoms with Crippen molar-refractivity contribution in [3.05, 3.63) is 77.7 Å². The molecule has 0 amide bonds. The zero-order valence-electron chi connectivity index (χ0n) is 21.2. The molecule has 0 radical (unpaired) electrons. The van der Waals surface area contributed by atoms with E-state index in [2.05, 4.69) is 63.7 Å². The van der Waals surface area contributed by atoms with Crippen LogP contribution in [0.15, 0.2) is 66.0 Å². The fourth-order valence-corrected chi connectivity index (χ4v) is 6.31. The van der Waals surface area contributed by atoms with Gasteiger partial charge in [0.2, 0.25) is 0 Å². The van der Waals surface area contributed by atoms with Crippen LogP contribution in [0.4, 0.5) is 5.82 Å². The molecule has 188 valence electrons. The minimum atomic E-state index is -3.74. The van der Waals surface area contributed by atoms with Crippen LogP contribution < -0.4 is 4.90 Å². The number of hydrogen-bond acceptors (Lipinski definition) is 6. The van der Waals surface area contributed by atoms with Crippen LogP contribution in [-0.4, -0.2) is 43.2 Å². The van der Waals surface area contributed by atoms with Gasteiger partial charge in [0.1, 0.15) is 17.8 Å². The molecule has 8 heteroatoms. The molecule has 0 N–H and O–H groups in total. The lowest BCUT2D eigenvalue weighted by Gasteiger charge is -2.36. The summed E-state index contributed by atoms with van der Waals surface area (Å²) in [4.78, 5) is 11.8. The number of aryl methyl sites for hydroxylation is 2. The Hall–Kier alpha value is -3.23. The Morgan fingerprint density at radius 2 is 1.64 bits per heavy atom. The van der Waals surface area contributed by atoms with Gasteiger partial charge in [-0.25, -0.2) is 9.97 Å². The van der Waals surface area contributed by atoms with E-state index < -0.39 is 10.1 Å². The molecular formula is C28H32N4O3S. The molecule has 0 atom stereocenters. The van der Waals surface area contributed by atoms with E-state index in [-0.39, 0.29) is 5.92 Å². The second kappa shape index (κ2) is 9.67. The Balaban J connectivity index is 1.38. The SMILES string of the molecule is COS(=O)(=O)c1ccc(C)cc1[C@H]1CC[C@H](N(C)c2ncnc3c2ccn3-c2ccc(C)cc2)CC1. The molecule has 1 fully saturated rings. The third-order valence-corrected chi connectivity index (χ3v) is 8.79. The summed E-state index contributed by atoms with van der Waals surface area (Å²) in [5.74, 6) is 1.11. The van der Waals surface area contributed by atoms with Crippen molar-refractivity contribution in [2.45, 2.75) is 56.4 Å². The summed E-state index contributed by atoms with van der Waals surface area (Å²) < 4.78 is 32.0. The molecule has 0 saturated heterocycles. The van der Waals surface area contributed by atoms with Gasteiger partial charge in [-0.3, -0.25) is 4.18 Å². The summed E-state index contributed by atoms with van der Waals surface area (Å²) in [7, 11) is -0.423. The highest BCUT2D eigenvalue weighted by molar-refractivity contribution is 7.86. The quantitative estimate of drug-likeness (QED) is 0.321. The monoisotopic (exact) mass is 504 g/mol. The van der Waals surface area contributed by atoms with Gasteiger partial charge in [-0.2, -0.15) is 8.42 Å². The normalized spacial score (nSPS) is 18.4. The van der Waals surface area contributed by atoms with Crippen LogP contribution in [-0.2, 0) is 14.3 Å². The number of fused-ring (bicyclic) bond motifs is 1. The Bertz CT molecular complexity index is 1490. The lowest BCUT2D eigenvalue weighted by molar-refractivity contribution is 0.375. The number of aromatic nitrogens is 3. The molecule has 0 spiro atoms. The second-order valence-corrected chi connectivity index (χ2v) is 11.4. The summed E-state index contributed by atoms with van der Waals surface area (Å²) in [6.45, 7) is 4.08. The smallest absolute Gasteiger partial charge is 0.296 e. The number of rotatable bonds is 6. The van der Waals surface area contributed by atoms with Gasteiger partial charge in [-0.05, 0) is 75.3 Å². The molecule has 1 aliphatic rings. The van der Waals surface area contributed by atoms with Gasteiger partial charge in [0.15, 0.2) is 0 Å². The molecule has 36 heavy (non-hydrogen) atoms. The van der Waals surface area contributed by atoms with Crippen LogP contribution in [0.5, 0.6) is 0 Å². The van der Waals surface area contributed by atoms with Gasteiger partial charge in [0.25, 0.3) is 10.1 Å². The summed E-state index contributed by atoms with van der Waals surface area (Å²) in [5.41, 5.74) is 5.11. The van der Waals surface area contributed by atoms with E-state index in [4.69, 9.17) is 4.18 Å². The zero-order valence-corrected chi connectivity index (χ0v) is 22.0. The molecule has 0 unspecified atom stereocenters. The van der Waals surface area contributed by atoms with E-state index in [0.717, 1.165) is 59.3 Å². The maximum atomic E-state index is 12.5. The lowest BCUT2D eigenvalue weighted by Crippen LogP contribution is -2.35. The first kappa shape index (κ1) is 24.5. The van der Waals surface area contributed by atoms with Crippen LogP contribution in [0.2, 0.25) is 0 Å². The average Bonchev–Trinajstić information content (AvgIpc) is 3.33. The number of nitrogens with zero attached hydrogens (tertiary/aromatic N) is 4.